The number of nitrogens with one attached hydrogen (secondary N) is 1. The Balaban J connectivity index is 1.69. The van der Waals surface area contributed by atoms with Gasteiger partial charge in [-0.3, -0.25) is 0 Å². The Morgan fingerprint density at radius 3 is 2.45 bits per heavy atom. The molecule has 20 heavy (non-hydrogen) atoms. The molecule has 0 unspecified atom stereocenters. The second kappa shape index (κ2) is 6.17. The van der Waals surface area contributed by atoms with E-state index in [1.54, 1.807) is 6.20 Å². The maximum absolute atomic E-state index is 4.30. The zero-order valence-electron chi connectivity index (χ0n) is 11.2. The van der Waals surface area contributed by atoms with Gasteiger partial charge >= 0.3 is 0 Å². The van der Waals surface area contributed by atoms with Crippen molar-refractivity contribution in [2.24, 2.45) is 0 Å². The highest BCUT2D eigenvalue weighted by atomic mass is 15.3. The number of para-hydroxylation sites is 1. The highest BCUT2D eigenvalue weighted by molar-refractivity contribution is 5.40. The summed E-state index contributed by atoms with van der Waals surface area (Å²) < 4.78 is 1.90. The van der Waals surface area contributed by atoms with Gasteiger partial charge in [0.15, 0.2) is 0 Å². The molecule has 1 aromatic heterocycles. The van der Waals surface area contributed by atoms with E-state index in [9.17, 15) is 0 Å². The molecule has 0 aliphatic rings. The molecule has 0 bridgehead atoms. The van der Waals surface area contributed by atoms with Crippen LogP contribution in [-0.4, -0.2) is 9.78 Å². The van der Waals surface area contributed by atoms with Crippen LogP contribution >= 0.6 is 0 Å². The van der Waals surface area contributed by atoms with Gasteiger partial charge in [-0.05, 0) is 23.3 Å². The van der Waals surface area contributed by atoms with Crippen LogP contribution in [0.25, 0.3) is 5.69 Å². The molecule has 3 nitrogen and oxygen atoms in total. The lowest BCUT2D eigenvalue weighted by atomic mass is 10.1. The summed E-state index contributed by atoms with van der Waals surface area (Å²) in [6.07, 6.45) is 3.77. The third-order valence-electron chi connectivity index (χ3n) is 3.23. The van der Waals surface area contributed by atoms with Crippen molar-refractivity contribution in [3.05, 3.63) is 84.2 Å². The SMILES string of the molecule is c1ccc(CNCc2ccccc2-n2cccn2)cc1. The van der Waals surface area contributed by atoms with Gasteiger partial charge in [0.05, 0.1) is 5.69 Å². The van der Waals surface area contributed by atoms with Crippen LogP contribution in [0, 0.1) is 0 Å². The molecule has 3 aromatic rings. The van der Waals surface area contributed by atoms with Crippen LogP contribution in [0.1, 0.15) is 11.1 Å². The zero-order chi connectivity index (χ0) is 13.6. The molecule has 3 heteroatoms. The van der Waals surface area contributed by atoms with Gasteiger partial charge in [-0.15, -0.1) is 0 Å². The van der Waals surface area contributed by atoms with E-state index in [1.807, 2.05) is 29.1 Å². The third-order valence-corrected chi connectivity index (χ3v) is 3.23. The van der Waals surface area contributed by atoms with Gasteiger partial charge < -0.3 is 5.32 Å². The average molecular weight is 263 g/mol. The van der Waals surface area contributed by atoms with Crippen LogP contribution in [0.15, 0.2) is 73.1 Å². The zero-order valence-corrected chi connectivity index (χ0v) is 11.2. The minimum absolute atomic E-state index is 0.824. The van der Waals surface area contributed by atoms with E-state index in [-0.39, 0.29) is 0 Å². The number of aromatic nitrogens is 2. The predicted molar refractivity (Wildman–Crippen MR) is 80.5 cm³/mol. The largest absolute Gasteiger partial charge is 0.309 e. The van der Waals surface area contributed by atoms with Gasteiger partial charge in [-0.25, -0.2) is 4.68 Å². The van der Waals surface area contributed by atoms with Crippen LogP contribution in [-0.2, 0) is 13.1 Å². The highest BCUT2D eigenvalue weighted by Crippen LogP contribution is 2.13. The summed E-state index contributed by atoms with van der Waals surface area (Å²) in [6.45, 7) is 1.69. The number of hydrogen-bond acceptors (Lipinski definition) is 2. The fourth-order valence-corrected chi connectivity index (χ4v) is 2.23. The lowest BCUT2D eigenvalue weighted by Crippen LogP contribution is -2.14. The minimum atomic E-state index is 0.824. The maximum atomic E-state index is 4.30. The molecular formula is C17H17N3. The lowest BCUT2D eigenvalue weighted by molar-refractivity contribution is 0.686. The van der Waals surface area contributed by atoms with E-state index in [0.717, 1.165) is 18.8 Å². The predicted octanol–water partition coefficient (Wildman–Crippen LogP) is 3.16. The Hall–Kier alpha value is -2.39. The quantitative estimate of drug-likeness (QED) is 0.766. The molecule has 1 heterocycles. The van der Waals surface area contributed by atoms with Crippen molar-refractivity contribution in [3.8, 4) is 5.69 Å². The van der Waals surface area contributed by atoms with Crippen molar-refractivity contribution < 1.29 is 0 Å². The van der Waals surface area contributed by atoms with E-state index in [0.29, 0.717) is 0 Å². The van der Waals surface area contributed by atoms with E-state index in [1.165, 1.54) is 11.1 Å². The first-order valence-corrected chi connectivity index (χ1v) is 6.76. The number of nitrogens with zero attached hydrogens (tertiary/aromatic N) is 2. The van der Waals surface area contributed by atoms with Crippen molar-refractivity contribution in [1.29, 1.82) is 0 Å². The molecule has 0 spiro atoms. The smallest absolute Gasteiger partial charge is 0.0690 e. The monoisotopic (exact) mass is 263 g/mol. The molecule has 0 aliphatic heterocycles. The molecule has 100 valence electrons. The molecule has 1 N–H and O–H groups in total. The summed E-state index contributed by atoms with van der Waals surface area (Å²) in [4.78, 5) is 0. The average Bonchev–Trinajstić information content (AvgIpc) is 3.03. The third kappa shape index (κ3) is 2.95. The van der Waals surface area contributed by atoms with Gasteiger partial charge in [0, 0.05) is 25.5 Å². The van der Waals surface area contributed by atoms with Crippen molar-refractivity contribution in [1.82, 2.24) is 15.1 Å². The molecule has 0 aliphatic carbocycles. The summed E-state index contributed by atoms with van der Waals surface area (Å²) >= 11 is 0. The Labute approximate surface area is 118 Å². The maximum Gasteiger partial charge on any atom is 0.0690 e. The van der Waals surface area contributed by atoms with E-state index >= 15 is 0 Å². The van der Waals surface area contributed by atoms with E-state index < -0.39 is 0 Å². The molecule has 0 atom stereocenters. The lowest BCUT2D eigenvalue weighted by Gasteiger charge is -2.10. The van der Waals surface area contributed by atoms with Crippen molar-refractivity contribution in [2.75, 3.05) is 0 Å². The number of benzene rings is 2. The van der Waals surface area contributed by atoms with Gasteiger partial charge in [-0.2, -0.15) is 5.10 Å². The highest BCUT2D eigenvalue weighted by Gasteiger charge is 2.03. The molecule has 0 saturated heterocycles. The van der Waals surface area contributed by atoms with E-state index in [2.05, 4.69) is 52.9 Å². The fourth-order valence-electron chi connectivity index (χ4n) is 2.23. The Morgan fingerprint density at radius 2 is 1.65 bits per heavy atom. The van der Waals surface area contributed by atoms with Gasteiger partial charge in [0.25, 0.3) is 0 Å². The minimum Gasteiger partial charge on any atom is -0.309 e. The van der Waals surface area contributed by atoms with Crippen LogP contribution in [0.2, 0.25) is 0 Å². The first-order chi connectivity index (χ1) is 9.93. The van der Waals surface area contributed by atoms with Crippen molar-refractivity contribution in [2.45, 2.75) is 13.1 Å². The Bertz CT molecular complexity index is 645. The number of rotatable bonds is 5. The standard InChI is InChI=1S/C17H17N3/c1-2-7-15(8-3-1)13-18-14-16-9-4-5-10-17(16)20-12-6-11-19-20/h1-12,18H,13-14H2. The number of hydrogen-bond donors (Lipinski definition) is 1. The summed E-state index contributed by atoms with van der Waals surface area (Å²) in [5.41, 5.74) is 3.66. The van der Waals surface area contributed by atoms with E-state index in [4.69, 9.17) is 0 Å². The van der Waals surface area contributed by atoms with Crippen molar-refractivity contribution >= 4 is 0 Å². The molecular weight excluding hydrogens is 246 g/mol. The summed E-state index contributed by atoms with van der Waals surface area (Å²) in [6, 6.07) is 20.7. The van der Waals surface area contributed by atoms with Gasteiger partial charge in [0.1, 0.15) is 0 Å². The van der Waals surface area contributed by atoms with Crippen LogP contribution in [0.3, 0.4) is 0 Å². The second-order valence-corrected chi connectivity index (χ2v) is 4.67. The van der Waals surface area contributed by atoms with Gasteiger partial charge in [-0.1, -0.05) is 48.5 Å². The molecule has 0 radical (unpaired) electrons. The van der Waals surface area contributed by atoms with Crippen LogP contribution in [0.5, 0.6) is 0 Å². The summed E-state index contributed by atoms with van der Waals surface area (Å²) in [7, 11) is 0. The fraction of sp³-hybridized carbons (Fsp3) is 0.118. The first-order valence-electron chi connectivity index (χ1n) is 6.76. The topological polar surface area (TPSA) is 29.9 Å². The molecule has 2 aromatic carbocycles. The normalized spacial score (nSPS) is 10.6. The molecule has 0 amide bonds. The van der Waals surface area contributed by atoms with Crippen LogP contribution < -0.4 is 5.32 Å². The van der Waals surface area contributed by atoms with Gasteiger partial charge in [0.2, 0.25) is 0 Å². The second-order valence-electron chi connectivity index (χ2n) is 4.67. The van der Waals surface area contributed by atoms with Crippen LogP contribution in [0.4, 0.5) is 0 Å². The summed E-state index contributed by atoms with van der Waals surface area (Å²) in [5.74, 6) is 0. The molecule has 3 rings (SSSR count). The molecule has 0 saturated carbocycles. The Kier molecular flexibility index (Phi) is 3.90. The summed E-state index contributed by atoms with van der Waals surface area (Å²) in [5, 5.41) is 7.78. The van der Waals surface area contributed by atoms with Crippen molar-refractivity contribution in [3.63, 3.8) is 0 Å². The molecule has 0 fully saturated rings. The first kappa shape index (κ1) is 12.6. The Morgan fingerprint density at radius 1 is 0.850 bits per heavy atom.